The van der Waals surface area contributed by atoms with Crippen molar-refractivity contribution in [2.24, 2.45) is 7.05 Å². The molecule has 1 fully saturated rings. The van der Waals surface area contributed by atoms with Gasteiger partial charge in [-0.15, -0.1) is 0 Å². The lowest BCUT2D eigenvalue weighted by atomic mass is 10.0. The number of nitrogens with zero attached hydrogens (tertiary/aromatic N) is 2. The molecule has 1 aromatic carbocycles. The van der Waals surface area contributed by atoms with Crippen LogP contribution in [0.3, 0.4) is 0 Å². The predicted molar refractivity (Wildman–Crippen MR) is 88.5 cm³/mol. The largest absolute Gasteiger partial charge is 0.371 e. The van der Waals surface area contributed by atoms with Crippen LogP contribution in [0, 0.1) is 0 Å². The molecule has 0 unspecified atom stereocenters. The van der Waals surface area contributed by atoms with Gasteiger partial charge in [-0.3, -0.25) is 4.79 Å². The van der Waals surface area contributed by atoms with Crippen molar-refractivity contribution in [3.8, 4) is 0 Å². The second-order valence-corrected chi connectivity index (χ2v) is 6.09. The molecule has 1 aliphatic rings. The molecular weight excluding hydrogens is 286 g/mol. The van der Waals surface area contributed by atoms with E-state index in [1.807, 2.05) is 18.2 Å². The molecule has 0 atom stereocenters. The van der Waals surface area contributed by atoms with E-state index in [1.165, 1.54) is 0 Å². The summed E-state index contributed by atoms with van der Waals surface area (Å²) in [5.41, 5.74) is 1.04. The standard InChI is InChI=1S/C16H20ClN3O/c1-19-10-7-12-14(4-3-13(17)15(12)16(19)21)20(2)11-5-8-18-9-6-11/h3-4,7,10-11,18H,5-6,8-9H2,1-2H3. The van der Waals surface area contributed by atoms with Crippen molar-refractivity contribution in [2.45, 2.75) is 18.9 Å². The average Bonchev–Trinajstić information content (AvgIpc) is 2.51. The number of halogens is 1. The van der Waals surface area contributed by atoms with Gasteiger partial charge in [0.05, 0.1) is 10.4 Å². The third-order valence-corrected chi connectivity index (χ3v) is 4.72. The summed E-state index contributed by atoms with van der Waals surface area (Å²) in [6.45, 7) is 2.09. The first kappa shape index (κ1) is 14.4. The van der Waals surface area contributed by atoms with Crippen molar-refractivity contribution in [3.63, 3.8) is 0 Å². The highest BCUT2D eigenvalue weighted by atomic mass is 35.5. The van der Waals surface area contributed by atoms with Crippen LogP contribution in [0.5, 0.6) is 0 Å². The van der Waals surface area contributed by atoms with Crippen LogP contribution in [0.25, 0.3) is 10.8 Å². The molecule has 1 aromatic heterocycles. The Morgan fingerprint density at radius 2 is 2.00 bits per heavy atom. The number of hydrogen-bond donors (Lipinski definition) is 1. The Morgan fingerprint density at radius 1 is 1.29 bits per heavy atom. The Hall–Kier alpha value is -1.52. The lowest BCUT2D eigenvalue weighted by Gasteiger charge is -2.34. The number of piperidine rings is 1. The van der Waals surface area contributed by atoms with E-state index >= 15 is 0 Å². The van der Waals surface area contributed by atoms with E-state index in [0.717, 1.165) is 37.0 Å². The first-order valence-corrected chi connectivity index (χ1v) is 7.69. The van der Waals surface area contributed by atoms with Crippen LogP contribution in [0.4, 0.5) is 5.69 Å². The van der Waals surface area contributed by atoms with Gasteiger partial charge in [0, 0.05) is 37.4 Å². The summed E-state index contributed by atoms with van der Waals surface area (Å²) in [6.07, 6.45) is 4.04. The van der Waals surface area contributed by atoms with Crippen LogP contribution in [0.1, 0.15) is 12.8 Å². The third-order valence-electron chi connectivity index (χ3n) is 4.41. The summed E-state index contributed by atoms with van der Waals surface area (Å²) < 4.78 is 1.57. The van der Waals surface area contributed by atoms with Crippen molar-refractivity contribution >= 4 is 28.1 Å². The fraction of sp³-hybridized carbons (Fsp3) is 0.438. The number of hydrogen-bond acceptors (Lipinski definition) is 3. The van der Waals surface area contributed by atoms with Gasteiger partial charge in [0.2, 0.25) is 0 Å². The number of rotatable bonds is 2. The molecular formula is C16H20ClN3O. The van der Waals surface area contributed by atoms with Crippen molar-refractivity contribution in [1.82, 2.24) is 9.88 Å². The first-order chi connectivity index (χ1) is 10.1. The molecule has 0 saturated carbocycles. The van der Waals surface area contributed by atoms with Crippen LogP contribution in [0.2, 0.25) is 5.02 Å². The molecule has 4 nitrogen and oxygen atoms in total. The lowest BCUT2D eigenvalue weighted by molar-refractivity contribution is 0.444. The van der Waals surface area contributed by atoms with Crippen LogP contribution in [-0.2, 0) is 7.05 Å². The monoisotopic (exact) mass is 305 g/mol. The Balaban J connectivity index is 2.13. The molecule has 1 N–H and O–H groups in total. The third kappa shape index (κ3) is 2.54. The second kappa shape index (κ2) is 5.70. The Kier molecular flexibility index (Phi) is 3.91. The highest BCUT2D eigenvalue weighted by molar-refractivity contribution is 6.36. The van der Waals surface area contributed by atoms with E-state index in [0.29, 0.717) is 16.5 Å². The second-order valence-electron chi connectivity index (χ2n) is 5.68. The topological polar surface area (TPSA) is 37.3 Å². The van der Waals surface area contributed by atoms with Crippen molar-refractivity contribution in [3.05, 3.63) is 39.8 Å². The molecule has 1 saturated heterocycles. The van der Waals surface area contributed by atoms with Gasteiger partial charge in [-0.1, -0.05) is 11.6 Å². The zero-order valence-electron chi connectivity index (χ0n) is 12.4. The molecule has 3 rings (SSSR count). The lowest BCUT2D eigenvalue weighted by Crippen LogP contribution is -2.41. The van der Waals surface area contributed by atoms with Crippen molar-refractivity contribution in [2.75, 3.05) is 25.0 Å². The minimum absolute atomic E-state index is 0.0435. The molecule has 0 radical (unpaired) electrons. The maximum Gasteiger partial charge on any atom is 0.259 e. The Bertz CT molecular complexity index is 719. The van der Waals surface area contributed by atoms with Gasteiger partial charge in [0.1, 0.15) is 0 Å². The molecule has 0 spiro atoms. The molecule has 2 aromatic rings. The SMILES string of the molecule is CN(c1ccc(Cl)c2c(=O)n(C)ccc12)C1CCNCC1. The van der Waals surface area contributed by atoms with Gasteiger partial charge < -0.3 is 14.8 Å². The number of anilines is 1. The summed E-state index contributed by atoms with van der Waals surface area (Å²) in [4.78, 5) is 14.6. The van der Waals surface area contributed by atoms with Gasteiger partial charge in [-0.05, 0) is 44.1 Å². The maximum atomic E-state index is 12.4. The molecule has 2 heterocycles. The van der Waals surface area contributed by atoms with Crippen LogP contribution in [0.15, 0.2) is 29.2 Å². The zero-order chi connectivity index (χ0) is 15.0. The first-order valence-electron chi connectivity index (χ1n) is 7.31. The van der Waals surface area contributed by atoms with E-state index < -0.39 is 0 Å². The van der Waals surface area contributed by atoms with Gasteiger partial charge in [-0.25, -0.2) is 0 Å². The van der Waals surface area contributed by atoms with E-state index in [9.17, 15) is 4.79 Å². The summed E-state index contributed by atoms with van der Waals surface area (Å²) in [6, 6.07) is 6.33. The number of nitrogens with one attached hydrogen (secondary N) is 1. The quantitative estimate of drug-likeness (QED) is 0.925. The van der Waals surface area contributed by atoms with E-state index in [2.05, 4.69) is 17.3 Å². The zero-order valence-corrected chi connectivity index (χ0v) is 13.2. The number of fused-ring (bicyclic) bond motifs is 1. The molecule has 0 amide bonds. The summed E-state index contributed by atoms with van der Waals surface area (Å²) in [5, 5.41) is 5.45. The van der Waals surface area contributed by atoms with Crippen molar-refractivity contribution < 1.29 is 0 Å². The van der Waals surface area contributed by atoms with Crippen LogP contribution >= 0.6 is 11.6 Å². The predicted octanol–water partition coefficient (Wildman–Crippen LogP) is 2.38. The fourth-order valence-corrected chi connectivity index (χ4v) is 3.34. The summed E-state index contributed by atoms with van der Waals surface area (Å²) >= 11 is 6.25. The number of aromatic nitrogens is 1. The van der Waals surface area contributed by atoms with E-state index in [1.54, 1.807) is 17.8 Å². The smallest absolute Gasteiger partial charge is 0.259 e. The molecule has 0 aliphatic carbocycles. The number of benzene rings is 1. The molecule has 21 heavy (non-hydrogen) atoms. The molecule has 0 bridgehead atoms. The highest BCUT2D eigenvalue weighted by Crippen LogP contribution is 2.31. The minimum atomic E-state index is -0.0435. The molecule has 1 aliphatic heterocycles. The van der Waals surface area contributed by atoms with Gasteiger partial charge in [0.15, 0.2) is 0 Å². The van der Waals surface area contributed by atoms with E-state index in [-0.39, 0.29) is 5.56 Å². The minimum Gasteiger partial charge on any atom is -0.371 e. The van der Waals surface area contributed by atoms with Gasteiger partial charge in [-0.2, -0.15) is 0 Å². The normalized spacial score (nSPS) is 16.3. The summed E-state index contributed by atoms with van der Waals surface area (Å²) in [5.74, 6) is 0. The number of aryl methyl sites for hydroxylation is 1. The molecule has 5 heteroatoms. The summed E-state index contributed by atoms with van der Waals surface area (Å²) in [7, 11) is 3.86. The maximum absolute atomic E-state index is 12.4. The van der Waals surface area contributed by atoms with Crippen LogP contribution < -0.4 is 15.8 Å². The Labute approximate surface area is 129 Å². The highest BCUT2D eigenvalue weighted by Gasteiger charge is 2.20. The number of pyridine rings is 1. The fourth-order valence-electron chi connectivity index (χ4n) is 3.10. The van der Waals surface area contributed by atoms with Gasteiger partial charge in [0.25, 0.3) is 5.56 Å². The van der Waals surface area contributed by atoms with E-state index in [4.69, 9.17) is 11.6 Å². The molecule has 112 valence electrons. The Morgan fingerprint density at radius 3 is 2.71 bits per heavy atom. The average molecular weight is 306 g/mol. The van der Waals surface area contributed by atoms with Crippen molar-refractivity contribution in [1.29, 1.82) is 0 Å². The van der Waals surface area contributed by atoms with Gasteiger partial charge >= 0.3 is 0 Å². The van der Waals surface area contributed by atoms with Crippen LogP contribution in [-0.4, -0.2) is 30.7 Å².